The lowest BCUT2D eigenvalue weighted by atomic mass is 9.99. The Morgan fingerprint density at radius 3 is 2.69 bits per heavy atom. The van der Waals surface area contributed by atoms with Gasteiger partial charge in [0.1, 0.15) is 11.5 Å². The second kappa shape index (κ2) is 10.5. The van der Waals surface area contributed by atoms with E-state index in [1.165, 1.54) is 12.1 Å². The van der Waals surface area contributed by atoms with Crippen LogP contribution in [0.1, 0.15) is 16.7 Å². The molecular formula is C29H22FN5O. The van der Waals surface area contributed by atoms with Gasteiger partial charge in [-0.05, 0) is 77.7 Å². The maximum Gasteiger partial charge on any atom is 0.319 e. The Labute approximate surface area is 207 Å². The first-order valence-electron chi connectivity index (χ1n) is 11.4. The van der Waals surface area contributed by atoms with Gasteiger partial charge in [0.2, 0.25) is 0 Å². The van der Waals surface area contributed by atoms with E-state index in [1.54, 1.807) is 30.7 Å². The number of nitrogens with zero attached hydrogens (tertiary/aromatic N) is 3. The highest BCUT2D eigenvalue weighted by atomic mass is 19.1. The Balaban J connectivity index is 1.38. The van der Waals surface area contributed by atoms with Crippen molar-refractivity contribution >= 4 is 17.4 Å². The molecule has 7 heteroatoms. The van der Waals surface area contributed by atoms with Gasteiger partial charge in [0, 0.05) is 54.3 Å². The quantitative estimate of drug-likeness (QED) is 0.339. The van der Waals surface area contributed by atoms with E-state index in [2.05, 4.69) is 32.4 Å². The van der Waals surface area contributed by atoms with Crippen molar-refractivity contribution in [2.24, 2.45) is 0 Å². The SMILES string of the molecule is O=C(NCCc1cccnc1)Nc1ccc(-c2ccn3ccnc3c2)c(C#Cc2ccc(F)cc2)c1. The van der Waals surface area contributed by atoms with E-state index in [4.69, 9.17) is 0 Å². The molecule has 176 valence electrons. The fraction of sp³-hybridized carbons (Fsp3) is 0.0690. The number of anilines is 1. The van der Waals surface area contributed by atoms with Crippen molar-refractivity contribution in [3.05, 3.63) is 120 Å². The van der Waals surface area contributed by atoms with Crippen molar-refractivity contribution in [3.8, 4) is 23.0 Å². The smallest absolute Gasteiger partial charge is 0.319 e. The highest BCUT2D eigenvalue weighted by Crippen LogP contribution is 2.27. The predicted octanol–water partition coefficient (Wildman–Crippen LogP) is 5.30. The van der Waals surface area contributed by atoms with E-state index in [1.807, 2.05) is 59.3 Å². The highest BCUT2D eigenvalue weighted by molar-refractivity contribution is 5.90. The van der Waals surface area contributed by atoms with Crippen LogP contribution in [0, 0.1) is 17.7 Å². The van der Waals surface area contributed by atoms with E-state index in [9.17, 15) is 9.18 Å². The zero-order valence-electron chi connectivity index (χ0n) is 19.3. The molecule has 6 nitrogen and oxygen atoms in total. The maximum absolute atomic E-state index is 13.3. The number of benzene rings is 2. The predicted molar refractivity (Wildman–Crippen MR) is 138 cm³/mol. The van der Waals surface area contributed by atoms with Crippen LogP contribution < -0.4 is 10.6 Å². The van der Waals surface area contributed by atoms with Gasteiger partial charge < -0.3 is 15.0 Å². The second-order valence-electron chi connectivity index (χ2n) is 8.12. The number of hydrogen-bond acceptors (Lipinski definition) is 3. The van der Waals surface area contributed by atoms with Gasteiger partial charge in [-0.25, -0.2) is 14.2 Å². The van der Waals surface area contributed by atoms with Crippen LogP contribution >= 0.6 is 0 Å². The number of hydrogen-bond donors (Lipinski definition) is 2. The average molecular weight is 476 g/mol. The van der Waals surface area contributed by atoms with Crippen LogP contribution in [0.25, 0.3) is 16.8 Å². The van der Waals surface area contributed by atoms with Crippen molar-refractivity contribution in [3.63, 3.8) is 0 Å². The molecule has 0 unspecified atom stereocenters. The zero-order chi connectivity index (χ0) is 24.7. The molecule has 3 heterocycles. The fourth-order valence-electron chi connectivity index (χ4n) is 3.77. The molecule has 0 aliphatic carbocycles. The van der Waals surface area contributed by atoms with Crippen LogP contribution in [0.2, 0.25) is 0 Å². The monoisotopic (exact) mass is 475 g/mol. The summed E-state index contributed by atoms with van der Waals surface area (Å²) in [6, 6.07) is 19.1. The maximum atomic E-state index is 13.3. The van der Waals surface area contributed by atoms with E-state index in [0.29, 0.717) is 24.2 Å². The Bertz CT molecular complexity index is 1570. The minimum absolute atomic E-state index is 0.303. The Morgan fingerprint density at radius 1 is 0.972 bits per heavy atom. The van der Waals surface area contributed by atoms with Crippen LogP contribution in [0.15, 0.2) is 97.7 Å². The molecule has 0 saturated carbocycles. The zero-order valence-corrected chi connectivity index (χ0v) is 19.3. The molecule has 5 aromatic rings. The van der Waals surface area contributed by atoms with Gasteiger partial charge in [0.05, 0.1) is 0 Å². The van der Waals surface area contributed by atoms with E-state index < -0.39 is 0 Å². The van der Waals surface area contributed by atoms with E-state index >= 15 is 0 Å². The number of carbonyl (C=O) groups is 1. The highest BCUT2D eigenvalue weighted by Gasteiger charge is 2.09. The van der Waals surface area contributed by atoms with E-state index in [-0.39, 0.29) is 11.8 Å². The van der Waals surface area contributed by atoms with Crippen LogP contribution in [-0.2, 0) is 6.42 Å². The number of amides is 2. The second-order valence-corrected chi connectivity index (χ2v) is 8.12. The number of carbonyl (C=O) groups excluding carboxylic acids is 1. The molecule has 3 aromatic heterocycles. The molecule has 0 fully saturated rings. The minimum Gasteiger partial charge on any atom is -0.338 e. The van der Waals surface area contributed by atoms with Gasteiger partial charge in [-0.15, -0.1) is 0 Å². The Hall–Kier alpha value is -4.96. The molecule has 36 heavy (non-hydrogen) atoms. The van der Waals surface area contributed by atoms with E-state index in [0.717, 1.165) is 27.9 Å². The number of halogens is 1. The van der Waals surface area contributed by atoms with Crippen LogP contribution in [0.3, 0.4) is 0 Å². The summed E-state index contributed by atoms with van der Waals surface area (Å²) in [6.07, 6.45) is 9.76. The summed E-state index contributed by atoms with van der Waals surface area (Å²) in [5, 5.41) is 5.74. The molecule has 2 N–H and O–H groups in total. The lowest BCUT2D eigenvalue weighted by Gasteiger charge is -2.11. The summed E-state index contributed by atoms with van der Waals surface area (Å²) in [5.74, 6) is 5.97. The fourth-order valence-corrected chi connectivity index (χ4v) is 3.77. The summed E-state index contributed by atoms with van der Waals surface area (Å²) in [6.45, 7) is 0.483. The van der Waals surface area contributed by atoms with Crippen molar-refractivity contribution < 1.29 is 9.18 Å². The topological polar surface area (TPSA) is 71.3 Å². The standard InChI is InChI=1S/C29H22FN5O/c30-25-7-4-21(5-8-25)3-6-23-18-26(34-29(36)33-14-11-22-2-1-13-31-20-22)9-10-27(23)24-12-16-35-17-15-32-28(35)19-24/h1-2,4-5,7-10,12-13,15-20H,11,14H2,(H2,33,34,36). The largest absolute Gasteiger partial charge is 0.338 e. The lowest BCUT2D eigenvalue weighted by molar-refractivity contribution is 0.252. The first-order valence-corrected chi connectivity index (χ1v) is 11.4. The third-order valence-corrected chi connectivity index (χ3v) is 5.59. The molecule has 0 atom stereocenters. The number of nitrogens with one attached hydrogen (secondary N) is 2. The molecule has 2 amide bonds. The first kappa shape index (κ1) is 22.8. The molecule has 0 aliphatic rings. The molecule has 0 aliphatic heterocycles. The Morgan fingerprint density at radius 2 is 1.86 bits per heavy atom. The number of aromatic nitrogens is 3. The first-order chi connectivity index (χ1) is 17.6. The van der Waals surface area contributed by atoms with Crippen molar-refractivity contribution in [2.75, 3.05) is 11.9 Å². The average Bonchev–Trinajstić information content (AvgIpc) is 3.37. The number of rotatable bonds is 5. The molecule has 0 bridgehead atoms. The van der Waals surface area contributed by atoms with Crippen molar-refractivity contribution in [2.45, 2.75) is 6.42 Å². The number of fused-ring (bicyclic) bond motifs is 1. The summed E-state index contributed by atoms with van der Waals surface area (Å²) < 4.78 is 15.2. The third kappa shape index (κ3) is 5.57. The molecule has 0 saturated heterocycles. The molecule has 5 rings (SSSR count). The van der Waals surface area contributed by atoms with Gasteiger partial charge in [-0.1, -0.05) is 24.0 Å². The molecule has 0 spiro atoms. The molecule has 0 radical (unpaired) electrons. The number of imidazole rings is 1. The van der Waals surface area contributed by atoms with Gasteiger partial charge in [-0.3, -0.25) is 4.98 Å². The summed E-state index contributed by atoms with van der Waals surface area (Å²) in [5.41, 5.74) is 5.75. The summed E-state index contributed by atoms with van der Waals surface area (Å²) in [4.78, 5) is 20.9. The van der Waals surface area contributed by atoms with Crippen molar-refractivity contribution in [1.29, 1.82) is 0 Å². The van der Waals surface area contributed by atoms with Crippen LogP contribution in [0.4, 0.5) is 14.9 Å². The van der Waals surface area contributed by atoms with Crippen LogP contribution in [0.5, 0.6) is 0 Å². The van der Waals surface area contributed by atoms with Gasteiger partial charge >= 0.3 is 6.03 Å². The van der Waals surface area contributed by atoms with Gasteiger partial charge in [0.25, 0.3) is 0 Å². The minimum atomic E-state index is -0.310. The van der Waals surface area contributed by atoms with Gasteiger partial charge in [0.15, 0.2) is 0 Å². The Kier molecular flexibility index (Phi) is 6.68. The number of urea groups is 1. The van der Waals surface area contributed by atoms with Crippen LogP contribution in [-0.4, -0.2) is 26.9 Å². The summed E-state index contributed by atoms with van der Waals surface area (Å²) >= 11 is 0. The summed E-state index contributed by atoms with van der Waals surface area (Å²) in [7, 11) is 0. The van der Waals surface area contributed by atoms with Crippen molar-refractivity contribution in [1.82, 2.24) is 19.7 Å². The third-order valence-electron chi connectivity index (χ3n) is 5.59. The lowest BCUT2D eigenvalue weighted by Crippen LogP contribution is -2.30. The molecule has 2 aromatic carbocycles. The molecular weight excluding hydrogens is 453 g/mol. The van der Waals surface area contributed by atoms with Gasteiger partial charge in [-0.2, -0.15) is 0 Å². The normalized spacial score (nSPS) is 10.5. The number of pyridine rings is 2.